The zero-order valence-electron chi connectivity index (χ0n) is 15.5. The van der Waals surface area contributed by atoms with Crippen LogP contribution in [0, 0.1) is 0 Å². The monoisotopic (exact) mass is 357 g/mol. The molecule has 3 nitrogen and oxygen atoms in total. The maximum Gasteiger partial charge on any atom is 0.416 e. The summed E-state index contributed by atoms with van der Waals surface area (Å²) in [4.78, 5) is 13.9. The molecule has 1 aromatic carbocycles. The number of hydrogen-bond donors (Lipinski definition) is 0. The Hall–Kier alpha value is -1.72. The molecular weight excluding hydrogens is 331 g/mol. The molecule has 140 valence electrons. The molecular formula is C19H26F3NO2. The molecule has 0 aromatic heterocycles. The van der Waals surface area contributed by atoms with E-state index in [2.05, 4.69) is 0 Å². The van der Waals surface area contributed by atoms with E-state index < -0.39 is 23.4 Å². The van der Waals surface area contributed by atoms with Gasteiger partial charge in [0, 0.05) is 6.54 Å². The Morgan fingerprint density at radius 3 is 2.44 bits per heavy atom. The number of aryl methyl sites for hydroxylation is 1. The van der Waals surface area contributed by atoms with Crippen LogP contribution in [0.2, 0.25) is 0 Å². The van der Waals surface area contributed by atoms with Gasteiger partial charge in [0.2, 0.25) is 0 Å². The normalized spacial score (nSPS) is 18.6. The summed E-state index contributed by atoms with van der Waals surface area (Å²) >= 11 is 0. The van der Waals surface area contributed by atoms with Gasteiger partial charge in [-0.1, -0.05) is 19.9 Å². The maximum absolute atomic E-state index is 13.5. The van der Waals surface area contributed by atoms with Crippen molar-refractivity contribution >= 4 is 11.8 Å². The highest BCUT2D eigenvalue weighted by Gasteiger charge is 2.36. The highest BCUT2D eigenvalue weighted by atomic mass is 19.4. The van der Waals surface area contributed by atoms with Gasteiger partial charge >= 0.3 is 12.3 Å². The first-order chi connectivity index (χ1) is 11.4. The van der Waals surface area contributed by atoms with Crippen LogP contribution in [0.15, 0.2) is 12.1 Å². The minimum Gasteiger partial charge on any atom is -0.443 e. The number of anilines is 1. The molecule has 0 N–H and O–H groups in total. The first-order valence-electron chi connectivity index (χ1n) is 8.68. The lowest BCUT2D eigenvalue weighted by Crippen LogP contribution is -2.37. The molecule has 0 saturated heterocycles. The number of hydrogen-bond acceptors (Lipinski definition) is 2. The Labute approximate surface area is 147 Å². The van der Waals surface area contributed by atoms with Crippen molar-refractivity contribution in [3.8, 4) is 0 Å². The molecule has 0 aliphatic carbocycles. The number of alkyl halides is 3. The number of carbonyl (C=O) groups excluding carboxylic acids is 1. The largest absolute Gasteiger partial charge is 0.443 e. The number of ether oxygens (including phenoxy) is 1. The SMILES string of the molecule is CCc1cc2c(cc1C(F)(F)F)N(C(=O)OC(C)(C)C)CCC[C@@H]2C. The van der Waals surface area contributed by atoms with Gasteiger partial charge in [0.15, 0.2) is 0 Å². The third kappa shape index (κ3) is 4.47. The molecule has 0 fully saturated rings. The van der Waals surface area contributed by atoms with Crippen LogP contribution in [0.1, 0.15) is 70.1 Å². The van der Waals surface area contributed by atoms with Crippen LogP contribution >= 0.6 is 0 Å². The summed E-state index contributed by atoms with van der Waals surface area (Å²) in [7, 11) is 0. The van der Waals surface area contributed by atoms with Crippen molar-refractivity contribution in [1.29, 1.82) is 0 Å². The molecule has 0 radical (unpaired) electrons. The van der Waals surface area contributed by atoms with E-state index in [1.54, 1.807) is 33.8 Å². The fourth-order valence-corrected chi connectivity index (χ4v) is 3.18. The van der Waals surface area contributed by atoms with Crippen LogP contribution in [0.5, 0.6) is 0 Å². The second-order valence-corrected chi connectivity index (χ2v) is 7.59. The van der Waals surface area contributed by atoms with Crippen molar-refractivity contribution in [2.75, 3.05) is 11.4 Å². The standard InChI is InChI=1S/C19H26F3NO2/c1-6-13-10-14-12(2)8-7-9-23(17(24)25-18(3,4)5)16(14)11-15(13)19(20,21)22/h10-12H,6-9H2,1-5H3/t12-/m0/s1. The lowest BCUT2D eigenvalue weighted by molar-refractivity contribution is -0.138. The predicted octanol–water partition coefficient (Wildman–Crippen LogP) is 5.91. The topological polar surface area (TPSA) is 29.5 Å². The number of rotatable bonds is 1. The van der Waals surface area contributed by atoms with Gasteiger partial charge in [0.1, 0.15) is 5.60 Å². The van der Waals surface area contributed by atoms with Gasteiger partial charge < -0.3 is 4.74 Å². The molecule has 0 spiro atoms. The van der Waals surface area contributed by atoms with E-state index in [-0.39, 0.29) is 11.5 Å². The minimum atomic E-state index is -4.45. The lowest BCUT2D eigenvalue weighted by Gasteiger charge is -2.29. The van der Waals surface area contributed by atoms with E-state index in [4.69, 9.17) is 4.74 Å². The summed E-state index contributed by atoms with van der Waals surface area (Å²) in [6.07, 6.45) is -3.21. The van der Waals surface area contributed by atoms with Crippen LogP contribution in [-0.4, -0.2) is 18.2 Å². The van der Waals surface area contributed by atoms with Gasteiger partial charge in [0.25, 0.3) is 0 Å². The van der Waals surface area contributed by atoms with E-state index in [0.29, 0.717) is 18.7 Å². The summed E-state index contributed by atoms with van der Waals surface area (Å²) in [5.41, 5.74) is 0.00306. The summed E-state index contributed by atoms with van der Waals surface area (Å²) in [5.74, 6) is 0.0926. The van der Waals surface area contributed by atoms with Crippen molar-refractivity contribution in [3.05, 3.63) is 28.8 Å². The molecule has 0 bridgehead atoms. The Kier molecular flexibility index (Phi) is 5.40. The first-order valence-corrected chi connectivity index (χ1v) is 8.68. The fraction of sp³-hybridized carbons (Fsp3) is 0.632. The number of nitrogens with zero attached hydrogens (tertiary/aromatic N) is 1. The average molecular weight is 357 g/mol. The van der Waals surface area contributed by atoms with Crippen molar-refractivity contribution in [2.45, 2.75) is 71.6 Å². The lowest BCUT2D eigenvalue weighted by atomic mass is 9.91. The fourth-order valence-electron chi connectivity index (χ4n) is 3.18. The number of halogens is 3. The molecule has 1 amide bonds. The van der Waals surface area contributed by atoms with Crippen molar-refractivity contribution < 1.29 is 22.7 Å². The Morgan fingerprint density at radius 2 is 1.92 bits per heavy atom. The maximum atomic E-state index is 13.5. The van der Waals surface area contributed by atoms with Crippen LogP contribution in [0.3, 0.4) is 0 Å². The molecule has 1 atom stereocenters. The van der Waals surface area contributed by atoms with Gasteiger partial charge in [-0.2, -0.15) is 13.2 Å². The van der Waals surface area contributed by atoms with E-state index in [1.165, 1.54) is 4.90 Å². The predicted molar refractivity (Wildman–Crippen MR) is 92.1 cm³/mol. The quantitative estimate of drug-likeness (QED) is 0.625. The molecule has 25 heavy (non-hydrogen) atoms. The summed E-state index contributed by atoms with van der Waals surface area (Å²) < 4.78 is 45.8. The molecule has 0 unspecified atom stereocenters. The van der Waals surface area contributed by atoms with Gasteiger partial charge in [-0.3, -0.25) is 4.90 Å². The zero-order chi connectivity index (χ0) is 19.0. The molecule has 1 aromatic rings. The molecule has 1 aliphatic heterocycles. The van der Waals surface area contributed by atoms with E-state index in [9.17, 15) is 18.0 Å². The number of fused-ring (bicyclic) bond motifs is 1. The van der Waals surface area contributed by atoms with E-state index in [0.717, 1.165) is 24.5 Å². The van der Waals surface area contributed by atoms with Gasteiger partial charge in [-0.25, -0.2) is 4.79 Å². The molecule has 1 heterocycles. The highest BCUT2D eigenvalue weighted by molar-refractivity contribution is 5.89. The minimum absolute atomic E-state index is 0.0926. The first kappa shape index (κ1) is 19.6. The average Bonchev–Trinajstić information content (AvgIpc) is 2.62. The number of benzene rings is 1. The van der Waals surface area contributed by atoms with Gasteiger partial charge in [-0.15, -0.1) is 0 Å². The molecule has 6 heteroatoms. The Bertz CT molecular complexity index is 647. The molecule has 1 aliphatic rings. The van der Waals surface area contributed by atoms with Crippen LogP contribution in [-0.2, 0) is 17.3 Å². The van der Waals surface area contributed by atoms with Crippen LogP contribution in [0.25, 0.3) is 0 Å². The van der Waals surface area contributed by atoms with Crippen molar-refractivity contribution in [2.24, 2.45) is 0 Å². The Balaban J connectivity index is 2.58. The second-order valence-electron chi connectivity index (χ2n) is 7.59. The van der Waals surface area contributed by atoms with Crippen molar-refractivity contribution in [1.82, 2.24) is 0 Å². The van der Waals surface area contributed by atoms with Crippen LogP contribution < -0.4 is 4.90 Å². The third-order valence-corrected chi connectivity index (χ3v) is 4.39. The smallest absolute Gasteiger partial charge is 0.416 e. The van der Waals surface area contributed by atoms with Crippen molar-refractivity contribution in [3.63, 3.8) is 0 Å². The van der Waals surface area contributed by atoms with E-state index in [1.807, 2.05) is 6.92 Å². The molecule has 2 rings (SSSR count). The third-order valence-electron chi connectivity index (χ3n) is 4.39. The van der Waals surface area contributed by atoms with Gasteiger partial charge in [-0.05, 0) is 63.1 Å². The highest BCUT2D eigenvalue weighted by Crippen LogP contribution is 2.41. The summed E-state index contributed by atoms with van der Waals surface area (Å²) in [5, 5.41) is 0. The summed E-state index contributed by atoms with van der Waals surface area (Å²) in [6.45, 7) is 9.29. The van der Waals surface area contributed by atoms with Crippen LogP contribution in [0.4, 0.5) is 23.7 Å². The second kappa shape index (κ2) is 6.89. The van der Waals surface area contributed by atoms with E-state index >= 15 is 0 Å². The zero-order valence-corrected chi connectivity index (χ0v) is 15.5. The van der Waals surface area contributed by atoms with Gasteiger partial charge in [0.05, 0.1) is 11.3 Å². The summed E-state index contributed by atoms with van der Waals surface area (Å²) in [6, 6.07) is 2.74. The number of carbonyl (C=O) groups is 1. The molecule has 0 saturated carbocycles. The Morgan fingerprint density at radius 1 is 1.28 bits per heavy atom. The number of amides is 1.